The highest BCUT2D eigenvalue weighted by Gasteiger charge is 2.13. The van der Waals surface area contributed by atoms with Gasteiger partial charge < -0.3 is 23.7 Å². The second-order valence-corrected chi connectivity index (χ2v) is 11.3. The van der Waals surface area contributed by atoms with Crippen molar-refractivity contribution in [2.45, 2.75) is 39.9 Å². The lowest BCUT2D eigenvalue weighted by molar-refractivity contribution is 0.101. The number of nitrogens with zero attached hydrogens (tertiary/aromatic N) is 3. The molecule has 1 aromatic heterocycles. The Kier molecular flexibility index (Phi) is 12.1. The highest BCUT2D eigenvalue weighted by atomic mass is 35.5. The van der Waals surface area contributed by atoms with Gasteiger partial charge in [0.25, 0.3) is 0 Å². The first kappa shape index (κ1) is 32.3. The molecule has 0 aliphatic carbocycles. The van der Waals surface area contributed by atoms with E-state index in [0.29, 0.717) is 26.4 Å². The smallest absolute Gasteiger partial charge is 0.140 e. The van der Waals surface area contributed by atoms with Gasteiger partial charge in [-0.25, -0.2) is 4.98 Å². The predicted molar refractivity (Wildman–Crippen MR) is 182 cm³/mol. The van der Waals surface area contributed by atoms with Gasteiger partial charge in [0.1, 0.15) is 23.9 Å². The summed E-state index contributed by atoms with van der Waals surface area (Å²) in [6.45, 7) is 9.74. The number of aromatic nitrogens is 2. The van der Waals surface area contributed by atoms with Gasteiger partial charge in [0.05, 0.1) is 25.5 Å². The van der Waals surface area contributed by atoms with E-state index in [2.05, 4.69) is 59.8 Å². The number of hydrogen-bond donors (Lipinski definition) is 0. The van der Waals surface area contributed by atoms with Crippen molar-refractivity contribution < 1.29 is 14.2 Å². The van der Waals surface area contributed by atoms with E-state index in [1.54, 1.807) is 0 Å². The van der Waals surface area contributed by atoms with Gasteiger partial charge in [-0.1, -0.05) is 67.9 Å². The van der Waals surface area contributed by atoms with E-state index in [0.717, 1.165) is 82.9 Å². The van der Waals surface area contributed by atoms with Crippen LogP contribution in [0.5, 0.6) is 11.5 Å². The topological polar surface area (TPSA) is 48.8 Å². The molecule has 0 spiro atoms. The van der Waals surface area contributed by atoms with Crippen LogP contribution in [0.4, 0.5) is 0 Å². The van der Waals surface area contributed by atoms with Crippen LogP contribution in [0.25, 0.3) is 16.9 Å². The number of rotatable bonds is 17. The van der Waals surface area contributed by atoms with Gasteiger partial charge in [0.2, 0.25) is 0 Å². The number of imidazole rings is 1. The minimum absolute atomic E-state index is 0.378. The minimum Gasteiger partial charge on any atom is -0.494 e. The van der Waals surface area contributed by atoms with Gasteiger partial charge in [-0.05, 0) is 91.3 Å². The van der Waals surface area contributed by atoms with E-state index in [4.69, 9.17) is 30.8 Å². The number of halogens is 1. The zero-order valence-electron chi connectivity index (χ0n) is 26.2. The van der Waals surface area contributed by atoms with Crippen molar-refractivity contribution in [3.8, 4) is 28.4 Å². The Balaban J connectivity index is 1.25. The zero-order valence-corrected chi connectivity index (χ0v) is 27.0. The van der Waals surface area contributed by atoms with Gasteiger partial charge >= 0.3 is 0 Å². The lowest BCUT2D eigenvalue weighted by Gasteiger charge is -2.17. The van der Waals surface area contributed by atoms with Crippen molar-refractivity contribution in [1.29, 1.82) is 0 Å². The van der Waals surface area contributed by atoms with Gasteiger partial charge in [-0.15, -0.1) is 0 Å². The molecule has 6 nitrogen and oxygen atoms in total. The van der Waals surface area contributed by atoms with Crippen molar-refractivity contribution >= 4 is 11.6 Å². The standard InChI is InChI=1S/C38H42ClN3O3/c1-3-41(4-2)23-9-24-44-36-20-16-34(17-21-36)42-27-37(40-38(42)29-43-28-31-10-6-5-7-11-31)32-14-18-35(19-15-32)45-25-22-30-12-8-13-33(39)26-30/h5-8,10-21,26-27H,3-4,9,22-25,28-29H2,1-2H3. The van der Waals surface area contributed by atoms with Crippen molar-refractivity contribution in [3.63, 3.8) is 0 Å². The fraction of sp³-hybridized carbons (Fsp3) is 0.289. The molecule has 45 heavy (non-hydrogen) atoms. The van der Waals surface area contributed by atoms with Gasteiger partial charge in [0.15, 0.2) is 0 Å². The molecule has 234 valence electrons. The summed E-state index contributed by atoms with van der Waals surface area (Å²) in [7, 11) is 0. The van der Waals surface area contributed by atoms with E-state index in [1.807, 2.05) is 72.8 Å². The summed E-state index contributed by atoms with van der Waals surface area (Å²) in [5.74, 6) is 2.52. The largest absolute Gasteiger partial charge is 0.494 e. The Morgan fingerprint density at radius 2 is 1.42 bits per heavy atom. The lowest BCUT2D eigenvalue weighted by Crippen LogP contribution is -2.25. The third-order valence-electron chi connectivity index (χ3n) is 7.72. The minimum atomic E-state index is 0.378. The molecule has 0 unspecified atom stereocenters. The summed E-state index contributed by atoms with van der Waals surface area (Å²) in [6, 6.07) is 34.3. The Morgan fingerprint density at radius 3 is 2.13 bits per heavy atom. The molecule has 5 rings (SSSR count). The molecule has 0 fully saturated rings. The molecular formula is C38H42ClN3O3. The van der Waals surface area contributed by atoms with E-state index in [-0.39, 0.29) is 0 Å². The monoisotopic (exact) mass is 623 g/mol. The first-order valence-electron chi connectivity index (χ1n) is 15.7. The molecule has 0 saturated heterocycles. The molecule has 7 heteroatoms. The maximum atomic E-state index is 6.11. The highest BCUT2D eigenvalue weighted by Crippen LogP contribution is 2.26. The van der Waals surface area contributed by atoms with Crippen LogP contribution in [0.1, 0.15) is 37.2 Å². The molecule has 4 aromatic carbocycles. The molecular weight excluding hydrogens is 582 g/mol. The molecule has 0 saturated carbocycles. The van der Waals surface area contributed by atoms with Crippen LogP contribution in [0.2, 0.25) is 5.02 Å². The fourth-order valence-electron chi connectivity index (χ4n) is 5.14. The second kappa shape index (κ2) is 16.8. The molecule has 0 N–H and O–H groups in total. The summed E-state index contributed by atoms with van der Waals surface area (Å²) in [6.07, 6.45) is 3.86. The van der Waals surface area contributed by atoms with Crippen LogP contribution >= 0.6 is 11.6 Å². The summed E-state index contributed by atoms with van der Waals surface area (Å²) in [5.41, 5.74) is 5.17. The van der Waals surface area contributed by atoms with E-state index in [9.17, 15) is 0 Å². The third-order valence-corrected chi connectivity index (χ3v) is 7.95. The fourth-order valence-corrected chi connectivity index (χ4v) is 5.35. The van der Waals surface area contributed by atoms with E-state index >= 15 is 0 Å². The van der Waals surface area contributed by atoms with Crippen molar-refractivity contribution in [2.24, 2.45) is 0 Å². The van der Waals surface area contributed by atoms with Crippen LogP contribution in [-0.2, 0) is 24.4 Å². The molecule has 0 amide bonds. The maximum absolute atomic E-state index is 6.11. The van der Waals surface area contributed by atoms with Crippen LogP contribution in [0.3, 0.4) is 0 Å². The summed E-state index contributed by atoms with van der Waals surface area (Å²) in [4.78, 5) is 7.40. The molecule has 0 bridgehead atoms. The zero-order chi connectivity index (χ0) is 31.3. The molecule has 0 aliphatic rings. The first-order chi connectivity index (χ1) is 22.1. The molecule has 1 heterocycles. The van der Waals surface area contributed by atoms with Crippen LogP contribution in [-0.4, -0.2) is 47.3 Å². The van der Waals surface area contributed by atoms with E-state index in [1.165, 1.54) is 0 Å². The Labute approximate surface area is 272 Å². The first-order valence-corrected chi connectivity index (χ1v) is 16.1. The van der Waals surface area contributed by atoms with Crippen molar-refractivity contribution in [1.82, 2.24) is 14.5 Å². The second-order valence-electron chi connectivity index (χ2n) is 10.9. The SMILES string of the molecule is CCN(CC)CCCOc1ccc(-n2cc(-c3ccc(OCCc4cccc(Cl)c4)cc3)nc2COCc2ccccc2)cc1. The summed E-state index contributed by atoms with van der Waals surface area (Å²) in [5, 5.41) is 0.742. The third kappa shape index (κ3) is 9.69. The van der Waals surface area contributed by atoms with Crippen LogP contribution in [0.15, 0.2) is 109 Å². The predicted octanol–water partition coefficient (Wildman–Crippen LogP) is 8.64. The summed E-state index contributed by atoms with van der Waals surface area (Å²) < 4.78 is 20.2. The highest BCUT2D eigenvalue weighted by molar-refractivity contribution is 6.30. The average Bonchev–Trinajstić information content (AvgIpc) is 3.50. The molecule has 0 aliphatic heterocycles. The number of hydrogen-bond acceptors (Lipinski definition) is 5. The van der Waals surface area contributed by atoms with Crippen molar-refractivity contribution in [2.75, 3.05) is 32.8 Å². The van der Waals surface area contributed by atoms with Gasteiger partial charge in [-0.3, -0.25) is 0 Å². The normalized spacial score (nSPS) is 11.2. The average molecular weight is 624 g/mol. The van der Waals surface area contributed by atoms with Gasteiger partial charge in [-0.2, -0.15) is 0 Å². The molecule has 5 aromatic rings. The maximum Gasteiger partial charge on any atom is 0.140 e. The molecule has 0 radical (unpaired) electrons. The van der Waals surface area contributed by atoms with Crippen LogP contribution in [0, 0.1) is 0 Å². The van der Waals surface area contributed by atoms with E-state index < -0.39 is 0 Å². The number of ether oxygens (including phenoxy) is 3. The Bertz CT molecular complexity index is 1580. The van der Waals surface area contributed by atoms with Crippen LogP contribution < -0.4 is 9.47 Å². The van der Waals surface area contributed by atoms with Crippen molar-refractivity contribution in [3.05, 3.63) is 131 Å². The molecule has 0 atom stereocenters. The lowest BCUT2D eigenvalue weighted by atomic mass is 10.1. The quantitative estimate of drug-likeness (QED) is 0.0970. The summed E-state index contributed by atoms with van der Waals surface area (Å²) >= 11 is 6.11. The Hall–Kier alpha value is -4.10. The van der Waals surface area contributed by atoms with Gasteiger partial charge in [0, 0.05) is 35.4 Å². The number of benzene rings is 4. The Morgan fingerprint density at radius 1 is 0.733 bits per heavy atom.